The second-order valence-electron chi connectivity index (χ2n) is 9.82. The molecule has 0 saturated heterocycles. The molecule has 1 aliphatic heterocycles. The van der Waals surface area contributed by atoms with E-state index in [-0.39, 0.29) is 37.9 Å². The summed E-state index contributed by atoms with van der Waals surface area (Å²) >= 11 is 0. The number of para-hydroxylation sites is 1. The summed E-state index contributed by atoms with van der Waals surface area (Å²) in [5.41, 5.74) is 0.929. The number of aliphatic hydroxyl groups excluding tert-OH is 1. The molecule has 3 rings (SSSR count). The van der Waals surface area contributed by atoms with Crippen LogP contribution in [-0.4, -0.2) is 60.1 Å². The van der Waals surface area contributed by atoms with Crippen molar-refractivity contribution < 1.29 is 33.0 Å². The topological polar surface area (TPSA) is 114 Å². The fraction of sp³-hybridized carbons (Fsp3) is 0.704. The van der Waals surface area contributed by atoms with Crippen LogP contribution in [0.3, 0.4) is 0 Å². The monoisotopic (exact) mass is 538 g/mol. The second-order valence-corrected chi connectivity index (χ2v) is 11.9. The van der Waals surface area contributed by atoms with Crippen molar-refractivity contribution in [2.45, 2.75) is 90.1 Å². The van der Waals surface area contributed by atoms with Gasteiger partial charge in [-0.1, -0.05) is 50.3 Å². The normalized spacial score (nSPS) is 18.3. The SMILES string of the molecule is CCOP(=O)(OCC)C(O)[C@H](CCC(=O)N1CCOc2ccccc2C1)NC(=O)CCC1CCCCC1. The van der Waals surface area contributed by atoms with Crippen molar-refractivity contribution in [1.29, 1.82) is 0 Å². The molecule has 1 fully saturated rings. The van der Waals surface area contributed by atoms with Gasteiger partial charge in [-0.3, -0.25) is 14.2 Å². The summed E-state index contributed by atoms with van der Waals surface area (Å²) in [6.07, 6.45) is 7.22. The van der Waals surface area contributed by atoms with E-state index in [1.807, 2.05) is 24.3 Å². The molecule has 1 unspecified atom stereocenters. The van der Waals surface area contributed by atoms with Crippen LogP contribution in [0, 0.1) is 5.92 Å². The van der Waals surface area contributed by atoms with E-state index in [0.717, 1.165) is 30.6 Å². The van der Waals surface area contributed by atoms with Crippen LogP contribution in [0.2, 0.25) is 0 Å². The Morgan fingerprint density at radius 1 is 1.14 bits per heavy atom. The molecule has 37 heavy (non-hydrogen) atoms. The highest BCUT2D eigenvalue weighted by molar-refractivity contribution is 7.54. The minimum absolute atomic E-state index is 0.0606. The molecule has 0 aromatic heterocycles. The summed E-state index contributed by atoms with van der Waals surface area (Å²) in [5.74, 6) is -0.622. The summed E-state index contributed by atoms with van der Waals surface area (Å²) in [6, 6.07) is 6.68. The lowest BCUT2D eigenvalue weighted by Crippen LogP contribution is -2.45. The molecule has 1 saturated carbocycles. The maximum absolute atomic E-state index is 13.3. The largest absolute Gasteiger partial charge is 0.491 e. The fourth-order valence-corrected chi connectivity index (χ4v) is 6.90. The third-order valence-electron chi connectivity index (χ3n) is 7.13. The average Bonchev–Trinajstić information content (AvgIpc) is 3.13. The first-order chi connectivity index (χ1) is 17.9. The minimum atomic E-state index is -3.91. The van der Waals surface area contributed by atoms with Gasteiger partial charge < -0.3 is 29.1 Å². The van der Waals surface area contributed by atoms with E-state index >= 15 is 0 Å². The maximum atomic E-state index is 13.3. The zero-order valence-corrected chi connectivity index (χ0v) is 23.1. The van der Waals surface area contributed by atoms with Crippen LogP contribution in [0.25, 0.3) is 0 Å². The third kappa shape index (κ3) is 8.81. The van der Waals surface area contributed by atoms with Crippen molar-refractivity contribution in [2.24, 2.45) is 5.92 Å². The zero-order valence-electron chi connectivity index (χ0n) is 22.2. The average molecular weight is 539 g/mol. The highest BCUT2D eigenvalue weighted by Crippen LogP contribution is 2.53. The van der Waals surface area contributed by atoms with Crippen molar-refractivity contribution in [3.63, 3.8) is 0 Å². The standard InChI is InChI=1S/C27H43N2O7P/c1-3-35-37(33,36-4-2)27(32)23(28-25(30)16-14-21-10-6-5-7-11-21)15-17-26(31)29-18-19-34-24-13-9-8-12-22(24)20-29/h8-9,12-13,21,23,27,32H,3-7,10-11,14-20H2,1-2H3,(H,28,30)/t23-,27?/m0/s1. The number of fused-ring (bicyclic) bond motifs is 1. The number of amides is 2. The predicted octanol–water partition coefficient (Wildman–Crippen LogP) is 4.62. The number of hydrogen-bond donors (Lipinski definition) is 2. The smallest absolute Gasteiger partial charge is 0.360 e. The molecule has 1 aliphatic carbocycles. The number of aliphatic hydroxyl groups is 1. The Labute approximate surface area is 220 Å². The molecule has 0 radical (unpaired) electrons. The Morgan fingerprint density at radius 3 is 2.54 bits per heavy atom. The molecule has 0 spiro atoms. The van der Waals surface area contributed by atoms with E-state index in [4.69, 9.17) is 13.8 Å². The zero-order chi connectivity index (χ0) is 26.7. The van der Waals surface area contributed by atoms with Gasteiger partial charge in [-0.05, 0) is 38.7 Å². The van der Waals surface area contributed by atoms with Gasteiger partial charge in [0.2, 0.25) is 11.8 Å². The van der Waals surface area contributed by atoms with Crippen LogP contribution in [0.4, 0.5) is 0 Å². The summed E-state index contributed by atoms with van der Waals surface area (Å²) < 4.78 is 29.8. The van der Waals surface area contributed by atoms with Gasteiger partial charge in [-0.25, -0.2) is 0 Å². The van der Waals surface area contributed by atoms with Crippen molar-refractivity contribution >= 4 is 19.4 Å². The molecule has 1 aromatic carbocycles. The van der Waals surface area contributed by atoms with Crippen LogP contribution in [0.5, 0.6) is 5.75 Å². The lowest BCUT2D eigenvalue weighted by Gasteiger charge is -2.30. The van der Waals surface area contributed by atoms with Gasteiger partial charge in [-0.2, -0.15) is 0 Å². The highest BCUT2D eigenvalue weighted by atomic mass is 31.2. The van der Waals surface area contributed by atoms with Gasteiger partial charge in [-0.15, -0.1) is 0 Å². The lowest BCUT2D eigenvalue weighted by molar-refractivity contribution is -0.132. The van der Waals surface area contributed by atoms with E-state index in [2.05, 4.69) is 5.32 Å². The van der Waals surface area contributed by atoms with E-state index in [9.17, 15) is 19.3 Å². The van der Waals surface area contributed by atoms with Crippen molar-refractivity contribution in [1.82, 2.24) is 10.2 Å². The number of carbonyl (C=O) groups excluding carboxylic acids is 2. The van der Waals surface area contributed by atoms with Crippen molar-refractivity contribution in [3.8, 4) is 5.75 Å². The number of hydrogen-bond acceptors (Lipinski definition) is 7. The highest BCUT2D eigenvalue weighted by Gasteiger charge is 2.41. The molecule has 2 aliphatic rings. The Bertz CT molecular complexity index is 912. The molecule has 9 nitrogen and oxygen atoms in total. The van der Waals surface area contributed by atoms with Gasteiger partial charge in [0.15, 0.2) is 5.85 Å². The van der Waals surface area contributed by atoms with Crippen molar-refractivity contribution in [3.05, 3.63) is 29.8 Å². The summed E-state index contributed by atoms with van der Waals surface area (Å²) in [5, 5.41) is 13.9. The second kappa shape index (κ2) is 14.9. The predicted molar refractivity (Wildman–Crippen MR) is 141 cm³/mol. The van der Waals surface area contributed by atoms with Gasteiger partial charge in [0.05, 0.1) is 25.8 Å². The van der Waals surface area contributed by atoms with Gasteiger partial charge in [0, 0.05) is 24.9 Å². The van der Waals surface area contributed by atoms with Crippen LogP contribution in [0.1, 0.15) is 77.2 Å². The Morgan fingerprint density at radius 2 is 1.84 bits per heavy atom. The number of nitrogens with zero attached hydrogens (tertiary/aromatic N) is 1. The van der Waals surface area contributed by atoms with Gasteiger partial charge in [0.25, 0.3) is 0 Å². The van der Waals surface area contributed by atoms with E-state index in [0.29, 0.717) is 32.0 Å². The van der Waals surface area contributed by atoms with Crippen LogP contribution in [0.15, 0.2) is 24.3 Å². The molecule has 2 amide bonds. The first-order valence-corrected chi connectivity index (χ1v) is 15.3. The molecule has 1 heterocycles. The Balaban J connectivity index is 1.65. The molecule has 1 aromatic rings. The summed E-state index contributed by atoms with van der Waals surface area (Å²) in [4.78, 5) is 27.7. The quantitative estimate of drug-likeness (QED) is 0.352. The van der Waals surface area contributed by atoms with Crippen LogP contribution in [-0.2, 0) is 29.7 Å². The molecule has 10 heteroatoms. The lowest BCUT2D eigenvalue weighted by atomic mass is 9.86. The first kappa shape index (κ1) is 29.6. The number of carbonyl (C=O) groups is 2. The fourth-order valence-electron chi connectivity index (χ4n) is 5.13. The summed E-state index contributed by atoms with van der Waals surface area (Å²) in [6.45, 7) is 4.75. The molecule has 2 N–H and O–H groups in total. The molecular weight excluding hydrogens is 495 g/mol. The summed E-state index contributed by atoms with van der Waals surface area (Å²) in [7, 11) is -3.91. The molecular formula is C27H43N2O7P. The van der Waals surface area contributed by atoms with Gasteiger partial charge in [0.1, 0.15) is 12.4 Å². The van der Waals surface area contributed by atoms with E-state index < -0.39 is 19.5 Å². The maximum Gasteiger partial charge on any atom is 0.360 e. The first-order valence-electron chi connectivity index (χ1n) is 13.7. The van der Waals surface area contributed by atoms with E-state index in [1.165, 1.54) is 19.3 Å². The molecule has 2 atom stereocenters. The number of rotatable bonds is 13. The minimum Gasteiger partial charge on any atom is -0.491 e. The van der Waals surface area contributed by atoms with Crippen molar-refractivity contribution in [2.75, 3.05) is 26.4 Å². The number of nitrogens with one attached hydrogen (secondary N) is 1. The third-order valence-corrected chi connectivity index (χ3v) is 9.37. The van der Waals surface area contributed by atoms with Crippen LogP contribution >= 0.6 is 7.60 Å². The number of benzene rings is 1. The molecule has 208 valence electrons. The van der Waals surface area contributed by atoms with Crippen LogP contribution < -0.4 is 10.1 Å². The van der Waals surface area contributed by atoms with E-state index in [1.54, 1.807) is 18.7 Å². The van der Waals surface area contributed by atoms with Gasteiger partial charge >= 0.3 is 7.60 Å². The number of ether oxygens (including phenoxy) is 1. The Kier molecular flexibility index (Phi) is 11.9. The molecule has 0 bridgehead atoms. The Hall–Kier alpha value is -1.93.